The van der Waals surface area contributed by atoms with Crippen molar-refractivity contribution in [2.24, 2.45) is 0 Å². The first-order valence-electron chi connectivity index (χ1n) is 6.70. The van der Waals surface area contributed by atoms with E-state index in [-0.39, 0.29) is 0 Å². The van der Waals surface area contributed by atoms with Gasteiger partial charge in [0.15, 0.2) is 0 Å². The number of hydrogen-bond donors (Lipinski definition) is 0. The lowest BCUT2D eigenvalue weighted by Crippen LogP contribution is -2.26. The van der Waals surface area contributed by atoms with Crippen LogP contribution in [0.3, 0.4) is 0 Å². The molecule has 0 aliphatic carbocycles. The summed E-state index contributed by atoms with van der Waals surface area (Å²) in [5.41, 5.74) is 2.14. The number of aromatic nitrogens is 4. The van der Waals surface area contributed by atoms with E-state index < -0.39 is 0 Å². The van der Waals surface area contributed by atoms with E-state index in [2.05, 4.69) is 33.9 Å². The lowest BCUT2D eigenvalue weighted by molar-refractivity contribution is 0.608. The summed E-state index contributed by atoms with van der Waals surface area (Å²) in [4.78, 5) is 13.2. The zero-order chi connectivity index (χ0) is 14.7. The minimum atomic E-state index is 0.744. The summed E-state index contributed by atoms with van der Waals surface area (Å²) in [6, 6.07) is 1.93. The largest absolute Gasteiger partial charge is 0.357 e. The van der Waals surface area contributed by atoms with Crippen LogP contribution in [0.2, 0.25) is 0 Å². The molecule has 108 valence electrons. The van der Waals surface area contributed by atoms with Crippen molar-refractivity contribution in [1.29, 1.82) is 0 Å². The first-order valence-corrected chi connectivity index (χ1v) is 6.70. The number of hydrogen-bond acceptors (Lipinski definition) is 5. The summed E-state index contributed by atoms with van der Waals surface area (Å²) in [5.74, 6) is 1.72. The summed E-state index contributed by atoms with van der Waals surface area (Å²) in [5, 5.41) is 4.22. The molecule has 0 fully saturated rings. The fourth-order valence-electron chi connectivity index (χ4n) is 1.96. The van der Waals surface area contributed by atoms with Gasteiger partial charge in [-0.05, 0) is 19.9 Å². The molecule has 0 saturated heterocycles. The third-order valence-electron chi connectivity index (χ3n) is 3.34. The molecule has 0 spiro atoms. The van der Waals surface area contributed by atoms with E-state index in [1.165, 1.54) is 0 Å². The van der Waals surface area contributed by atoms with Crippen LogP contribution in [0, 0.1) is 13.8 Å². The number of rotatable bonds is 5. The first kappa shape index (κ1) is 14.3. The van der Waals surface area contributed by atoms with Crippen molar-refractivity contribution in [2.45, 2.75) is 20.4 Å². The second kappa shape index (κ2) is 5.90. The fourth-order valence-corrected chi connectivity index (χ4v) is 1.96. The van der Waals surface area contributed by atoms with Crippen LogP contribution in [0.15, 0.2) is 18.5 Å². The number of nitrogens with zero attached hydrogens (tertiary/aromatic N) is 6. The average Bonchev–Trinajstić information content (AvgIpc) is 2.92. The van der Waals surface area contributed by atoms with Crippen LogP contribution in [0.5, 0.6) is 0 Å². The van der Waals surface area contributed by atoms with Gasteiger partial charge in [0.1, 0.15) is 5.82 Å². The quantitative estimate of drug-likeness (QED) is 0.827. The van der Waals surface area contributed by atoms with Crippen molar-refractivity contribution in [1.82, 2.24) is 19.7 Å². The Labute approximate surface area is 120 Å². The average molecular weight is 274 g/mol. The highest BCUT2D eigenvalue weighted by Crippen LogP contribution is 2.21. The minimum Gasteiger partial charge on any atom is -0.357 e. The predicted molar refractivity (Wildman–Crippen MR) is 81.3 cm³/mol. The van der Waals surface area contributed by atoms with E-state index in [1.54, 1.807) is 6.20 Å². The van der Waals surface area contributed by atoms with Crippen molar-refractivity contribution >= 4 is 11.8 Å². The van der Waals surface area contributed by atoms with E-state index in [0.717, 1.165) is 36.1 Å². The Morgan fingerprint density at radius 1 is 1.15 bits per heavy atom. The van der Waals surface area contributed by atoms with Crippen LogP contribution in [-0.4, -0.2) is 47.4 Å². The Hall–Kier alpha value is -2.11. The van der Waals surface area contributed by atoms with E-state index in [1.807, 2.05) is 42.9 Å². The van der Waals surface area contributed by atoms with Crippen LogP contribution >= 0.6 is 0 Å². The standard InChI is InChI=1S/C14H22N6/c1-11-12(2)16-14(18(3)4)17-13(11)19(5)9-10-20-8-6-7-15-20/h6-8H,9-10H2,1-5H3. The van der Waals surface area contributed by atoms with Crippen LogP contribution in [0.25, 0.3) is 0 Å². The summed E-state index contributed by atoms with van der Waals surface area (Å²) in [7, 11) is 5.97. The summed E-state index contributed by atoms with van der Waals surface area (Å²) >= 11 is 0. The molecule has 0 N–H and O–H groups in total. The fraction of sp³-hybridized carbons (Fsp3) is 0.500. The molecule has 6 heteroatoms. The highest BCUT2D eigenvalue weighted by molar-refractivity contribution is 5.51. The van der Waals surface area contributed by atoms with Gasteiger partial charge in [0.05, 0.1) is 6.54 Å². The van der Waals surface area contributed by atoms with E-state index in [4.69, 9.17) is 0 Å². The van der Waals surface area contributed by atoms with Gasteiger partial charge in [-0.15, -0.1) is 0 Å². The zero-order valence-corrected chi connectivity index (χ0v) is 12.8. The maximum absolute atomic E-state index is 4.64. The van der Waals surface area contributed by atoms with E-state index in [0.29, 0.717) is 0 Å². The number of anilines is 2. The predicted octanol–water partition coefficient (Wildman–Crippen LogP) is 1.49. The molecule has 2 aromatic heterocycles. The van der Waals surface area contributed by atoms with Gasteiger partial charge in [0, 0.05) is 51.3 Å². The number of likely N-dealkylation sites (N-methyl/N-ethyl adjacent to an activating group) is 1. The molecule has 2 aromatic rings. The molecule has 0 bridgehead atoms. The van der Waals surface area contributed by atoms with Crippen molar-refractivity contribution in [3.05, 3.63) is 29.7 Å². The Morgan fingerprint density at radius 2 is 1.90 bits per heavy atom. The molecule has 6 nitrogen and oxygen atoms in total. The van der Waals surface area contributed by atoms with Gasteiger partial charge in [-0.2, -0.15) is 10.1 Å². The molecule has 0 aliphatic heterocycles. The highest BCUT2D eigenvalue weighted by Gasteiger charge is 2.13. The molecule has 0 amide bonds. The maximum Gasteiger partial charge on any atom is 0.227 e. The van der Waals surface area contributed by atoms with Gasteiger partial charge in [-0.3, -0.25) is 4.68 Å². The van der Waals surface area contributed by atoms with Gasteiger partial charge in [0.2, 0.25) is 5.95 Å². The molecule has 2 rings (SSSR count). The van der Waals surface area contributed by atoms with Gasteiger partial charge in [-0.1, -0.05) is 0 Å². The lowest BCUT2D eigenvalue weighted by Gasteiger charge is -2.23. The molecule has 0 radical (unpaired) electrons. The first-order chi connectivity index (χ1) is 9.49. The zero-order valence-electron chi connectivity index (χ0n) is 12.8. The Bertz CT molecular complexity index is 561. The van der Waals surface area contributed by atoms with Gasteiger partial charge in [-0.25, -0.2) is 4.98 Å². The molecular weight excluding hydrogens is 252 g/mol. The molecular formula is C14H22N6. The van der Waals surface area contributed by atoms with Crippen LogP contribution in [-0.2, 0) is 6.54 Å². The molecule has 0 aliphatic rings. The monoisotopic (exact) mass is 274 g/mol. The second-order valence-corrected chi connectivity index (χ2v) is 5.14. The SMILES string of the molecule is Cc1nc(N(C)C)nc(N(C)CCn2cccn2)c1C. The third kappa shape index (κ3) is 3.07. The summed E-state index contributed by atoms with van der Waals surface area (Å²) in [6.45, 7) is 5.78. The van der Waals surface area contributed by atoms with E-state index >= 15 is 0 Å². The molecule has 0 aromatic carbocycles. The Kier molecular flexibility index (Phi) is 4.22. The van der Waals surface area contributed by atoms with Crippen LogP contribution in [0.4, 0.5) is 11.8 Å². The molecule has 0 saturated carbocycles. The van der Waals surface area contributed by atoms with Gasteiger partial charge >= 0.3 is 0 Å². The molecule has 20 heavy (non-hydrogen) atoms. The summed E-state index contributed by atoms with van der Waals surface area (Å²) in [6.07, 6.45) is 3.77. The van der Waals surface area contributed by atoms with Gasteiger partial charge < -0.3 is 9.80 Å². The molecule has 0 atom stereocenters. The van der Waals surface area contributed by atoms with Crippen molar-refractivity contribution in [3.63, 3.8) is 0 Å². The number of aryl methyl sites for hydroxylation is 1. The lowest BCUT2D eigenvalue weighted by atomic mass is 10.2. The van der Waals surface area contributed by atoms with Crippen molar-refractivity contribution in [3.8, 4) is 0 Å². The van der Waals surface area contributed by atoms with Crippen molar-refractivity contribution in [2.75, 3.05) is 37.5 Å². The van der Waals surface area contributed by atoms with Gasteiger partial charge in [0.25, 0.3) is 0 Å². The van der Waals surface area contributed by atoms with Crippen LogP contribution in [0.1, 0.15) is 11.3 Å². The van der Waals surface area contributed by atoms with E-state index in [9.17, 15) is 0 Å². The second-order valence-electron chi connectivity index (χ2n) is 5.14. The Balaban J connectivity index is 2.17. The Morgan fingerprint density at radius 3 is 2.50 bits per heavy atom. The minimum absolute atomic E-state index is 0.744. The molecule has 2 heterocycles. The smallest absolute Gasteiger partial charge is 0.227 e. The normalized spacial score (nSPS) is 10.7. The molecule has 0 unspecified atom stereocenters. The highest BCUT2D eigenvalue weighted by atomic mass is 15.3. The summed E-state index contributed by atoms with van der Waals surface area (Å²) < 4.78 is 1.92. The topological polar surface area (TPSA) is 50.1 Å². The van der Waals surface area contributed by atoms with Crippen molar-refractivity contribution < 1.29 is 0 Å². The maximum atomic E-state index is 4.64. The third-order valence-corrected chi connectivity index (χ3v) is 3.34. The van der Waals surface area contributed by atoms with Crippen LogP contribution < -0.4 is 9.80 Å².